The number of rotatable bonds is 4. The summed E-state index contributed by atoms with van der Waals surface area (Å²) >= 11 is 0. The fourth-order valence-corrected chi connectivity index (χ4v) is 4.83. The second-order valence-corrected chi connectivity index (χ2v) is 8.01. The standard InChI is InChI=1S/C15H24N2O3S/c1-11-5-6-12(2)15(7-11)21(19,20)17-10-14(18)8-13(17)9-16(3)4/h5-7,13-14,18H,8-10H2,1-4H3. The summed E-state index contributed by atoms with van der Waals surface area (Å²) in [5.41, 5.74) is 1.66. The van der Waals surface area contributed by atoms with E-state index in [-0.39, 0.29) is 12.6 Å². The highest BCUT2D eigenvalue weighted by Crippen LogP contribution is 2.28. The zero-order valence-corrected chi connectivity index (χ0v) is 13.9. The molecule has 1 aromatic carbocycles. The van der Waals surface area contributed by atoms with Crippen LogP contribution in [0.3, 0.4) is 0 Å². The number of aliphatic hydroxyl groups excluding tert-OH is 1. The Balaban J connectivity index is 2.39. The third-order valence-corrected chi connectivity index (χ3v) is 5.91. The Labute approximate surface area is 127 Å². The number of aryl methyl sites for hydroxylation is 2. The van der Waals surface area contributed by atoms with Gasteiger partial charge in [0.25, 0.3) is 0 Å². The van der Waals surface area contributed by atoms with Crippen molar-refractivity contribution in [3.8, 4) is 0 Å². The minimum absolute atomic E-state index is 0.175. The molecule has 2 rings (SSSR count). The van der Waals surface area contributed by atoms with Crippen molar-refractivity contribution in [3.05, 3.63) is 29.3 Å². The van der Waals surface area contributed by atoms with Crippen LogP contribution in [0.4, 0.5) is 0 Å². The van der Waals surface area contributed by atoms with Crippen molar-refractivity contribution >= 4 is 10.0 Å². The summed E-state index contributed by atoms with van der Waals surface area (Å²) in [5.74, 6) is 0. The molecule has 0 amide bonds. The van der Waals surface area contributed by atoms with E-state index in [2.05, 4.69) is 0 Å². The molecular weight excluding hydrogens is 288 g/mol. The molecule has 0 aromatic heterocycles. The van der Waals surface area contributed by atoms with Gasteiger partial charge >= 0.3 is 0 Å². The van der Waals surface area contributed by atoms with Crippen LogP contribution in [0.25, 0.3) is 0 Å². The van der Waals surface area contributed by atoms with Crippen LogP contribution in [0.5, 0.6) is 0 Å². The number of likely N-dealkylation sites (N-methyl/N-ethyl adjacent to an activating group) is 1. The lowest BCUT2D eigenvalue weighted by molar-refractivity contribution is 0.188. The minimum Gasteiger partial charge on any atom is -0.392 e. The summed E-state index contributed by atoms with van der Waals surface area (Å²) in [6.07, 6.45) is -0.0997. The molecule has 0 bridgehead atoms. The number of hydrogen-bond donors (Lipinski definition) is 1. The van der Waals surface area contributed by atoms with Gasteiger partial charge in [0.2, 0.25) is 10.0 Å². The van der Waals surface area contributed by atoms with Crippen LogP contribution in [-0.2, 0) is 10.0 Å². The molecule has 0 aliphatic carbocycles. The van der Waals surface area contributed by atoms with Crippen molar-refractivity contribution < 1.29 is 13.5 Å². The van der Waals surface area contributed by atoms with Crippen molar-refractivity contribution in [3.63, 3.8) is 0 Å². The maximum absolute atomic E-state index is 12.9. The molecule has 1 saturated heterocycles. The molecule has 2 unspecified atom stereocenters. The summed E-state index contributed by atoms with van der Waals surface area (Å²) in [4.78, 5) is 2.30. The van der Waals surface area contributed by atoms with Crippen molar-refractivity contribution in [1.82, 2.24) is 9.21 Å². The average molecular weight is 312 g/mol. The molecule has 1 heterocycles. The molecular formula is C15H24N2O3S. The zero-order chi connectivity index (χ0) is 15.8. The molecule has 6 heteroatoms. The fraction of sp³-hybridized carbons (Fsp3) is 0.600. The van der Waals surface area contributed by atoms with Crippen LogP contribution >= 0.6 is 0 Å². The fourth-order valence-electron chi connectivity index (χ4n) is 2.86. The number of aliphatic hydroxyl groups is 1. The number of β-amino-alcohol motifs (C(OH)–C–C–N with tert-alkyl or cyclic N) is 1. The predicted molar refractivity (Wildman–Crippen MR) is 82.8 cm³/mol. The predicted octanol–water partition coefficient (Wildman–Crippen LogP) is 0.989. The van der Waals surface area contributed by atoms with E-state index in [9.17, 15) is 13.5 Å². The highest BCUT2D eigenvalue weighted by Gasteiger charge is 2.40. The van der Waals surface area contributed by atoms with Gasteiger partial charge in [0.15, 0.2) is 0 Å². The lowest BCUT2D eigenvalue weighted by atomic mass is 10.2. The summed E-state index contributed by atoms with van der Waals surface area (Å²) in [6, 6.07) is 5.27. The summed E-state index contributed by atoms with van der Waals surface area (Å²) in [7, 11) is 0.247. The van der Waals surface area contributed by atoms with Crippen LogP contribution in [0.2, 0.25) is 0 Å². The Morgan fingerprint density at radius 3 is 2.62 bits per heavy atom. The molecule has 1 aliphatic rings. The van der Waals surface area contributed by atoms with Crippen LogP contribution in [0.15, 0.2) is 23.1 Å². The average Bonchev–Trinajstić information content (AvgIpc) is 2.73. The number of benzene rings is 1. The first kappa shape index (κ1) is 16.4. The molecule has 0 saturated carbocycles. The first-order chi connectivity index (χ1) is 9.71. The van der Waals surface area contributed by atoms with Gasteiger partial charge in [0.05, 0.1) is 11.0 Å². The van der Waals surface area contributed by atoms with E-state index < -0.39 is 16.1 Å². The highest BCUT2D eigenvalue weighted by molar-refractivity contribution is 7.89. The van der Waals surface area contributed by atoms with Crippen molar-refractivity contribution in [1.29, 1.82) is 0 Å². The zero-order valence-electron chi connectivity index (χ0n) is 13.1. The highest BCUT2D eigenvalue weighted by atomic mass is 32.2. The molecule has 1 aliphatic heterocycles. The van der Waals surface area contributed by atoms with Crippen LogP contribution in [-0.4, -0.2) is 62.1 Å². The smallest absolute Gasteiger partial charge is 0.243 e. The third kappa shape index (κ3) is 3.45. The van der Waals surface area contributed by atoms with Crippen molar-refractivity contribution in [2.24, 2.45) is 0 Å². The second kappa shape index (κ2) is 6.04. The first-order valence-corrected chi connectivity index (χ1v) is 8.57. The van der Waals surface area contributed by atoms with Gasteiger partial charge in [0, 0.05) is 19.1 Å². The molecule has 1 fully saturated rings. The summed E-state index contributed by atoms with van der Waals surface area (Å²) in [5, 5.41) is 9.89. The van der Waals surface area contributed by atoms with E-state index in [1.165, 1.54) is 4.31 Å². The van der Waals surface area contributed by atoms with Gasteiger partial charge in [-0.25, -0.2) is 8.42 Å². The molecule has 5 nitrogen and oxygen atoms in total. The van der Waals surface area contributed by atoms with Gasteiger partial charge in [-0.2, -0.15) is 4.31 Å². The van der Waals surface area contributed by atoms with Crippen molar-refractivity contribution in [2.75, 3.05) is 27.2 Å². The number of sulfonamides is 1. The topological polar surface area (TPSA) is 60.9 Å². The third-order valence-electron chi connectivity index (χ3n) is 3.85. The van der Waals surface area contributed by atoms with Gasteiger partial charge in [0.1, 0.15) is 0 Å². The molecule has 21 heavy (non-hydrogen) atoms. The largest absolute Gasteiger partial charge is 0.392 e. The van der Waals surface area contributed by atoms with Crippen LogP contribution in [0.1, 0.15) is 17.5 Å². The quantitative estimate of drug-likeness (QED) is 0.901. The number of nitrogens with zero attached hydrogens (tertiary/aromatic N) is 2. The molecule has 0 spiro atoms. The Morgan fingerprint density at radius 2 is 2.00 bits per heavy atom. The second-order valence-electron chi connectivity index (χ2n) is 6.15. The van der Waals surface area contributed by atoms with E-state index in [1.54, 1.807) is 13.0 Å². The van der Waals surface area contributed by atoms with Gasteiger partial charge < -0.3 is 10.0 Å². The molecule has 2 atom stereocenters. The molecule has 118 valence electrons. The minimum atomic E-state index is -3.57. The van der Waals surface area contributed by atoms with E-state index in [1.807, 2.05) is 38.1 Å². The Bertz CT molecular complexity index is 613. The van der Waals surface area contributed by atoms with Crippen LogP contribution in [0, 0.1) is 13.8 Å². The Kier molecular flexibility index (Phi) is 4.72. The van der Waals surface area contributed by atoms with Gasteiger partial charge in [-0.05, 0) is 51.6 Å². The van der Waals surface area contributed by atoms with Crippen LogP contribution < -0.4 is 0 Å². The number of hydrogen-bond acceptors (Lipinski definition) is 4. The molecule has 1 aromatic rings. The van der Waals surface area contributed by atoms with Gasteiger partial charge in [-0.3, -0.25) is 0 Å². The summed E-state index contributed by atoms with van der Waals surface area (Å²) < 4.78 is 27.3. The lowest BCUT2D eigenvalue weighted by Crippen LogP contribution is -2.41. The van der Waals surface area contributed by atoms with Gasteiger partial charge in [-0.1, -0.05) is 12.1 Å². The van der Waals surface area contributed by atoms with E-state index >= 15 is 0 Å². The van der Waals surface area contributed by atoms with Gasteiger partial charge in [-0.15, -0.1) is 0 Å². The SMILES string of the molecule is Cc1ccc(C)c(S(=O)(=O)N2CC(O)CC2CN(C)C)c1. The van der Waals surface area contributed by atoms with E-state index in [0.717, 1.165) is 11.1 Å². The first-order valence-electron chi connectivity index (χ1n) is 7.13. The van der Waals surface area contributed by atoms with E-state index in [4.69, 9.17) is 0 Å². The van der Waals surface area contributed by atoms with E-state index in [0.29, 0.717) is 17.9 Å². The molecule has 0 radical (unpaired) electrons. The van der Waals surface area contributed by atoms with Crippen molar-refractivity contribution in [2.45, 2.75) is 37.3 Å². The monoisotopic (exact) mass is 312 g/mol. The maximum Gasteiger partial charge on any atom is 0.243 e. The lowest BCUT2D eigenvalue weighted by Gasteiger charge is -2.26. The maximum atomic E-state index is 12.9. The molecule has 1 N–H and O–H groups in total. The Morgan fingerprint density at radius 1 is 1.33 bits per heavy atom. The normalized spacial score (nSPS) is 23.9. The summed E-state index contributed by atoms with van der Waals surface area (Å²) in [6.45, 7) is 4.48. The Hall–Kier alpha value is -0.950.